The molecule has 16 heavy (non-hydrogen) atoms. The summed E-state index contributed by atoms with van der Waals surface area (Å²) in [6.07, 6.45) is 5.40. The molecule has 1 saturated heterocycles. The first-order valence-electron chi connectivity index (χ1n) is 5.96. The molecule has 1 aromatic heterocycles. The van der Waals surface area contributed by atoms with Crippen LogP contribution < -0.4 is 10.6 Å². The summed E-state index contributed by atoms with van der Waals surface area (Å²) in [6.45, 7) is 6.71. The summed E-state index contributed by atoms with van der Waals surface area (Å²) in [4.78, 5) is 10.8. The number of piperidine rings is 1. The highest BCUT2D eigenvalue weighted by molar-refractivity contribution is 5.38. The summed E-state index contributed by atoms with van der Waals surface area (Å²) >= 11 is 0. The molecule has 0 amide bonds. The molecule has 1 aromatic rings. The van der Waals surface area contributed by atoms with Crippen LogP contribution in [0.3, 0.4) is 0 Å². The molecule has 0 aromatic carbocycles. The van der Waals surface area contributed by atoms with E-state index in [1.165, 1.54) is 19.3 Å². The Morgan fingerprint density at radius 1 is 1.44 bits per heavy atom. The summed E-state index contributed by atoms with van der Waals surface area (Å²) in [5, 5.41) is 0. The lowest BCUT2D eigenvalue weighted by molar-refractivity contribution is 0.237. The predicted octanol–water partition coefficient (Wildman–Crippen LogP) is 2.08. The zero-order chi connectivity index (χ0) is 11.6. The van der Waals surface area contributed by atoms with E-state index in [1.807, 2.05) is 0 Å². The monoisotopic (exact) mass is 220 g/mol. The maximum absolute atomic E-state index is 5.67. The van der Waals surface area contributed by atoms with Crippen molar-refractivity contribution in [3.63, 3.8) is 0 Å². The Bertz CT molecular complexity index is 356. The first-order chi connectivity index (χ1) is 7.63. The second kappa shape index (κ2) is 4.28. The molecular formula is C12H20N4. The molecular weight excluding hydrogens is 200 g/mol. The Hall–Kier alpha value is -1.32. The highest BCUT2D eigenvalue weighted by Crippen LogP contribution is 2.34. The van der Waals surface area contributed by atoms with Crippen molar-refractivity contribution in [2.45, 2.75) is 33.1 Å². The van der Waals surface area contributed by atoms with Crippen LogP contribution in [0.15, 0.2) is 12.3 Å². The molecule has 0 spiro atoms. The van der Waals surface area contributed by atoms with Crippen molar-refractivity contribution in [2.75, 3.05) is 23.7 Å². The fourth-order valence-corrected chi connectivity index (χ4v) is 2.11. The van der Waals surface area contributed by atoms with Crippen LogP contribution >= 0.6 is 0 Å². The molecule has 4 heteroatoms. The number of hydrogen-bond acceptors (Lipinski definition) is 4. The Morgan fingerprint density at radius 2 is 2.12 bits per heavy atom. The molecule has 1 aliphatic heterocycles. The molecule has 0 unspecified atom stereocenters. The molecule has 1 aliphatic rings. The van der Waals surface area contributed by atoms with Crippen LogP contribution in [0.25, 0.3) is 0 Å². The quantitative estimate of drug-likeness (QED) is 0.829. The van der Waals surface area contributed by atoms with Crippen LogP contribution in [0.5, 0.6) is 0 Å². The summed E-state index contributed by atoms with van der Waals surface area (Å²) in [5.41, 5.74) is 6.16. The third-order valence-corrected chi connectivity index (χ3v) is 3.77. The van der Waals surface area contributed by atoms with Gasteiger partial charge in [-0.3, -0.25) is 0 Å². The van der Waals surface area contributed by atoms with Gasteiger partial charge < -0.3 is 10.6 Å². The predicted molar refractivity (Wildman–Crippen MR) is 66.3 cm³/mol. The highest BCUT2D eigenvalue weighted by atomic mass is 15.3. The molecule has 2 rings (SSSR count). The van der Waals surface area contributed by atoms with Crippen molar-refractivity contribution in [3.05, 3.63) is 12.3 Å². The molecule has 4 nitrogen and oxygen atoms in total. The SMILES string of the molecule is CCC1(C)CCN(c2nccc(N)n2)CC1. The number of nitrogens with two attached hydrogens (primary N) is 1. The largest absolute Gasteiger partial charge is 0.384 e. The molecule has 0 saturated carbocycles. The normalized spacial score (nSPS) is 19.8. The Morgan fingerprint density at radius 3 is 2.69 bits per heavy atom. The molecule has 2 heterocycles. The Kier molecular flexibility index (Phi) is 2.99. The first-order valence-corrected chi connectivity index (χ1v) is 5.96. The number of rotatable bonds is 2. The molecule has 1 fully saturated rings. The fourth-order valence-electron chi connectivity index (χ4n) is 2.11. The van der Waals surface area contributed by atoms with E-state index in [0.717, 1.165) is 19.0 Å². The van der Waals surface area contributed by atoms with E-state index >= 15 is 0 Å². The van der Waals surface area contributed by atoms with Crippen molar-refractivity contribution >= 4 is 11.8 Å². The topological polar surface area (TPSA) is 55.0 Å². The van der Waals surface area contributed by atoms with Crippen molar-refractivity contribution in [2.24, 2.45) is 5.41 Å². The minimum atomic E-state index is 0.497. The van der Waals surface area contributed by atoms with E-state index in [0.29, 0.717) is 11.2 Å². The number of hydrogen-bond donors (Lipinski definition) is 1. The van der Waals surface area contributed by atoms with Crippen LogP contribution in [0.4, 0.5) is 11.8 Å². The summed E-state index contributed by atoms with van der Waals surface area (Å²) in [6, 6.07) is 1.73. The van der Waals surface area contributed by atoms with Crippen LogP contribution in [0, 0.1) is 5.41 Å². The van der Waals surface area contributed by atoms with Gasteiger partial charge in [-0.15, -0.1) is 0 Å². The lowest BCUT2D eigenvalue weighted by Crippen LogP contribution is -2.39. The van der Waals surface area contributed by atoms with E-state index in [2.05, 4.69) is 28.7 Å². The van der Waals surface area contributed by atoms with Crippen LogP contribution in [0.2, 0.25) is 0 Å². The Labute approximate surface area is 96.9 Å². The van der Waals surface area contributed by atoms with Gasteiger partial charge in [0.05, 0.1) is 0 Å². The maximum atomic E-state index is 5.67. The van der Waals surface area contributed by atoms with Gasteiger partial charge in [-0.25, -0.2) is 4.98 Å². The Balaban J connectivity index is 2.04. The van der Waals surface area contributed by atoms with E-state index in [-0.39, 0.29) is 0 Å². The molecule has 0 aliphatic carbocycles. The average molecular weight is 220 g/mol. The van der Waals surface area contributed by atoms with Crippen molar-refractivity contribution < 1.29 is 0 Å². The van der Waals surface area contributed by atoms with E-state index in [1.54, 1.807) is 12.3 Å². The van der Waals surface area contributed by atoms with Crippen LogP contribution in [-0.4, -0.2) is 23.1 Å². The van der Waals surface area contributed by atoms with Crippen LogP contribution in [0.1, 0.15) is 33.1 Å². The summed E-state index contributed by atoms with van der Waals surface area (Å²) < 4.78 is 0. The molecule has 2 N–H and O–H groups in total. The highest BCUT2D eigenvalue weighted by Gasteiger charge is 2.29. The first kappa shape index (κ1) is 11.2. The molecule has 0 atom stereocenters. The smallest absolute Gasteiger partial charge is 0.227 e. The zero-order valence-corrected chi connectivity index (χ0v) is 10.1. The van der Waals surface area contributed by atoms with E-state index < -0.39 is 0 Å². The van der Waals surface area contributed by atoms with Gasteiger partial charge in [-0.2, -0.15) is 4.98 Å². The van der Waals surface area contributed by atoms with Gasteiger partial charge in [-0.05, 0) is 24.3 Å². The number of nitrogens with zero attached hydrogens (tertiary/aromatic N) is 3. The lowest BCUT2D eigenvalue weighted by atomic mass is 9.78. The number of aromatic nitrogens is 2. The third-order valence-electron chi connectivity index (χ3n) is 3.77. The second-order valence-corrected chi connectivity index (χ2v) is 4.93. The van der Waals surface area contributed by atoms with Gasteiger partial charge in [0.15, 0.2) is 0 Å². The zero-order valence-electron chi connectivity index (χ0n) is 10.1. The minimum Gasteiger partial charge on any atom is -0.384 e. The van der Waals surface area contributed by atoms with Gasteiger partial charge in [-0.1, -0.05) is 20.3 Å². The summed E-state index contributed by atoms with van der Waals surface area (Å²) in [5.74, 6) is 1.33. The summed E-state index contributed by atoms with van der Waals surface area (Å²) in [7, 11) is 0. The molecule has 88 valence electrons. The van der Waals surface area contributed by atoms with Gasteiger partial charge in [0.1, 0.15) is 5.82 Å². The third kappa shape index (κ3) is 2.26. The molecule has 0 radical (unpaired) electrons. The standard InChI is InChI=1S/C12H20N4/c1-3-12(2)5-8-16(9-6-12)11-14-7-4-10(13)15-11/h4,7H,3,5-6,8-9H2,1-2H3,(H2,13,14,15). The fraction of sp³-hybridized carbons (Fsp3) is 0.667. The minimum absolute atomic E-state index is 0.497. The average Bonchev–Trinajstić information content (AvgIpc) is 2.30. The van der Waals surface area contributed by atoms with E-state index in [4.69, 9.17) is 5.73 Å². The van der Waals surface area contributed by atoms with Crippen molar-refractivity contribution in [1.29, 1.82) is 0 Å². The molecule has 0 bridgehead atoms. The lowest BCUT2D eigenvalue weighted by Gasteiger charge is -2.38. The second-order valence-electron chi connectivity index (χ2n) is 4.93. The number of nitrogen functional groups attached to an aromatic ring is 1. The van der Waals surface area contributed by atoms with Gasteiger partial charge in [0.25, 0.3) is 0 Å². The van der Waals surface area contributed by atoms with Gasteiger partial charge >= 0.3 is 0 Å². The number of anilines is 2. The van der Waals surface area contributed by atoms with Gasteiger partial charge in [0.2, 0.25) is 5.95 Å². The van der Waals surface area contributed by atoms with Crippen molar-refractivity contribution in [1.82, 2.24) is 9.97 Å². The van der Waals surface area contributed by atoms with Crippen molar-refractivity contribution in [3.8, 4) is 0 Å². The van der Waals surface area contributed by atoms with Crippen LogP contribution in [-0.2, 0) is 0 Å². The van der Waals surface area contributed by atoms with Gasteiger partial charge in [0, 0.05) is 19.3 Å². The maximum Gasteiger partial charge on any atom is 0.227 e. The van der Waals surface area contributed by atoms with E-state index in [9.17, 15) is 0 Å².